The smallest absolute Gasteiger partial charge is 0.303 e. The molecule has 4 nitrogen and oxygen atoms in total. The van der Waals surface area contributed by atoms with Gasteiger partial charge in [-0.25, -0.2) is 0 Å². The molecular weight excluding hydrogens is 512 g/mol. The lowest BCUT2D eigenvalue weighted by Crippen LogP contribution is -2.01. The fraction of sp³-hybridized carbons (Fsp3) is 0.208. The summed E-state index contributed by atoms with van der Waals surface area (Å²) in [5, 5.41) is 8.86. The van der Waals surface area contributed by atoms with Crippen LogP contribution in [0.1, 0.15) is 28.7 Å². The molecule has 0 aliphatic heterocycles. The van der Waals surface area contributed by atoms with Crippen LogP contribution in [0.25, 0.3) is 0 Å². The Bertz CT molecular complexity index is 1010. The number of carbonyl (C=O) groups is 1. The van der Waals surface area contributed by atoms with Gasteiger partial charge < -0.3 is 14.6 Å². The van der Waals surface area contributed by atoms with Gasteiger partial charge in [-0.2, -0.15) is 0 Å². The summed E-state index contributed by atoms with van der Waals surface area (Å²) in [5.41, 5.74) is 4.26. The molecule has 0 amide bonds. The van der Waals surface area contributed by atoms with E-state index >= 15 is 0 Å². The Morgan fingerprint density at radius 3 is 2.17 bits per heavy atom. The van der Waals surface area contributed by atoms with E-state index in [9.17, 15) is 4.79 Å². The van der Waals surface area contributed by atoms with Crippen LogP contribution in [0, 0.1) is 6.92 Å². The predicted molar refractivity (Wildman–Crippen MR) is 124 cm³/mol. The highest BCUT2D eigenvalue weighted by atomic mass is 79.9. The third kappa shape index (κ3) is 6.61. The van der Waals surface area contributed by atoms with Crippen molar-refractivity contribution < 1.29 is 19.4 Å². The van der Waals surface area contributed by atoms with Gasteiger partial charge in [0.15, 0.2) is 0 Å². The fourth-order valence-corrected chi connectivity index (χ4v) is 4.51. The second-order valence-electron chi connectivity index (χ2n) is 7.00. The Morgan fingerprint density at radius 1 is 0.867 bits per heavy atom. The molecule has 0 saturated carbocycles. The highest BCUT2D eigenvalue weighted by Gasteiger charge is 2.11. The molecule has 0 aromatic heterocycles. The first kappa shape index (κ1) is 22.4. The molecule has 0 aliphatic rings. The lowest BCUT2D eigenvalue weighted by Gasteiger charge is -2.13. The van der Waals surface area contributed by atoms with Crippen LogP contribution < -0.4 is 9.47 Å². The molecule has 1 N–H and O–H groups in total. The number of aryl methyl sites for hydroxylation is 2. The molecule has 6 heteroatoms. The van der Waals surface area contributed by atoms with Crippen molar-refractivity contribution in [2.45, 2.75) is 33.0 Å². The molecule has 0 atom stereocenters. The second kappa shape index (κ2) is 10.6. The van der Waals surface area contributed by atoms with Gasteiger partial charge in [-0.1, -0.05) is 42.0 Å². The predicted octanol–water partition coefficient (Wildman–Crippen LogP) is 6.70. The average molecular weight is 534 g/mol. The van der Waals surface area contributed by atoms with E-state index in [-0.39, 0.29) is 6.42 Å². The van der Waals surface area contributed by atoms with E-state index in [1.807, 2.05) is 42.5 Å². The van der Waals surface area contributed by atoms with Crippen molar-refractivity contribution in [2.24, 2.45) is 0 Å². The topological polar surface area (TPSA) is 55.8 Å². The maximum Gasteiger partial charge on any atom is 0.303 e. The van der Waals surface area contributed by atoms with E-state index in [4.69, 9.17) is 14.6 Å². The number of carboxylic acids is 1. The van der Waals surface area contributed by atoms with E-state index in [0.29, 0.717) is 25.4 Å². The van der Waals surface area contributed by atoms with Crippen molar-refractivity contribution in [2.75, 3.05) is 0 Å². The molecular formula is C24H22Br2O4. The number of ether oxygens (including phenoxy) is 2. The van der Waals surface area contributed by atoms with Crippen molar-refractivity contribution >= 4 is 37.8 Å². The average Bonchev–Trinajstić information content (AvgIpc) is 2.70. The number of rotatable bonds is 9. The summed E-state index contributed by atoms with van der Waals surface area (Å²) in [6, 6.07) is 19.9. The molecule has 0 spiro atoms. The first-order valence-corrected chi connectivity index (χ1v) is 11.1. The van der Waals surface area contributed by atoms with Crippen LogP contribution in [0.15, 0.2) is 69.6 Å². The van der Waals surface area contributed by atoms with Gasteiger partial charge in [0.1, 0.15) is 24.7 Å². The van der Waals surface area contributed by atoms with E-state index in [1.54, 1.807) is 0 Å². The molecule has 0 heterocycles. The third-order valence-corrected chi connectivity index (χ3v) is 5.63. The Hall–Kier alpha value is -2.31. The van der Waals surface area contributed by atoms with Crippen LogP contribution >= 0.6 is 31.9 Å². The van der Waals surface area contributed by atoms with Gasteiger partial charge in [0.25, 0.3) is 0 Å². The summed E-state index contributed by atoms with van der Waals surface area (Å²) in [4.78, 5) is 10.8. The molecule has 0 aliphatic carbocycles. The molecule has 3 aromatic carbocycles. The monoisotopic (exact) mass is 532 g/mol. The number of halogens is 2. The fourth-order valence-electron chi connectivity index (χ4n) is 3.00. The minimum Gasteiger partial charge on any atom is -0.489 e. The molecule has 3 aromatic rings. The number of aliphatic carboxylic acids is 1. The molecule has 156 valence electrons. The van der Waals surface area contributed by atoms with E-state index in [0.717, 1.165) is 31.4 Å². The first-order chi connectivity index (χ1) is 14.4. The Labute approximate surface area is 193 Å². The van der Waals surface area contributed by atoms with Crippen LogP contribution in [-0.2, 0) is 24.4 Å². The summed E-state index contributed by atoms with van der Waals surface area (Å²) in [5.74, 6) is 0.659. The van der Waals surface area contributed by atoms with E-state index < -0.39 is 5.97 Å². The Balaban J connectivity index is 1.62. The van der Waals surface area contributed by atoms with Gasteiger partial charge in [-0.15, -0.1) is 0 Å². The SMILES string of the molecule is Cc1cccc(COc2cccc(COc3c(Br)cc(CCC(=O)O)cc3Br)c2)c1. The normalized spacial score (nSPS) is 10.6. The number of carboxylic acid groups (broad SMARTS) is 1. The summed E-state index contributed by atoms with van der Waals surface area (Å²) < 4.78 is 13.5. The highest BCUT2D eigenvalue weighted by molar-refractivity contribution is 9.11. The summed E-state index contributed by atoms with van der Waals surface area (Å²) in [6.45, 7) is 2.96. The largest absolute Gasteiger partial charge is 0.489 e. The van der Waals surface area contributed by atoms with Gasteiger partial charge in [-0.05, 0) is 86.2 Å². The van der Waals surface area contributed by atoms with Crippen LogP contribution in [-0.4, -0.2) is 11.1 Å². The third-order valence-electron chi connectivity index (χ3n) is 4.46. The quantitative estimate of drug-likeness (QED) is 0.332. The maximum absolute atomic E-state index is 10.8. The van der Waals surface area contributed by atoms with Crippen molar-refractivity contribution in [3.05, 3.63) is 91.9 Å². The lowest BCUT2D eigenvalue weighted by molar-refractivity contribution is -0.136. The van der Waals surface area contributed by atoms with Gasteiger partial charge in [0.2, 0.25) is 0 Å². The van der Waals surface area contributed by atoms with Crippen LogP contribution in [0.3, 0.4) is 0 Å². The lowest BCUT2D eigenvalue weighted by atomic mass is 10.1. The van der Waals surface area contributed by atoms with Gasteiger partial charge in [0, 0.05) is 6.42 Å². The summed E-state index contributed by atoms with van der Waals surface area (Å²) in [7, 11) is 0. The maximum atomic E-state index is 10.8. The van der Waals surface area contributed by atoms with Gasteiger partial charge in [0.05, 0.1) is 8.95 Å². The van der Waals surface area contributed by atoms with Crippen molar-refractivity contribution in [3.63, 3.8) is 0 Å². The Kier molecular flexibility index (Phi) is 7.94. The van der Waals surface area contributed by atoms with Gasteiger partial charge in [-0.3, -0.25) is 4.79 Å². The summed E-state index contributed by atoms with van der Waals surface area (Å²) in [6.07, 6.45) is 0.557. The minimum atomic E-state index is -0.813. The number of hydrogen-bond acceptors (Lipinski definition) is 3. The standard InChI is InChI=1S/C24H22Br2O4/c1-16-4-2-5-18(10-16)14-29-20-7-3-6-19(11-20)15-30-24-21(25)12-17(13-22(24)26)8-9-23(27)28/h2-7,10-13H,8-9,14-15H2,1H3,(H,27,28). The molecule has 0 fully saturated rings. The van der Waals surface area contributed by atoms with Gasteiger partial charge >= 0.3 is 5.97 Å². The number of hydrogen-bond donors (Lipinski definition) is 1. The molecule has 0 bridgehead atoms. The van der Waals surface area contributed by atoms with Crippen molar-refractivity contribution in [1.29, 1.82) is 0 Å². The summed E-state index contributed by atoms with van der Waals surface area (Å²) >= 11 is 7.04. The zero-order valence-electron chi connectivity index (χ0n) is 16.5. The minimum absolute atomic E-state index is 0.0917. The molecule has 0 saturated heterocycles. The van der Waals surface area contributed by atoms with Crippen molar-refractivity contribution in [1.82, 2.24) is 0 Å². The zero-order valence-corrected chi connectivity index (χ0v) is 19.7. The molecule has 30 heavy (non-hydrogen) atoms. The van der Waals surface area contributed by atoms with Crippen LogP contribution in [0.2, 0.25) is 0 Å². The zero-order chi connectivity index (χ0) is 21.5. The molecule has 3 rings (SSSR count). The molecule has 0 radical (unpaired) electrons. The highest BCUT2D eigenvalue weighted by Crippen LogP contribution is 2.35. The second-order valence-corrected chi connectivity index (χ2v) is 8.70. The van der Waals surface area contributed by atoms with Crippen LogP contribution in [0.5, 0.6) is 11.5 Å². The number of benzene rings is 3. The Morgan fingerprint density at radius 2 is 1.50 bits per heavy atom. The van der Waals surface area contributed by atoms with E-state index in [2.05, 4.69) is 57.0 Å². The molecule has 0 unspecified atom stereocenters. The first-order valence-electron chi connectivity index (χ1n) is 9.50. The van der Waals surface area contributed by atoms with E-state index in [1.165, 1.54) is 5.56 Å². The van der Waals surface area contributed by atoms with Crippen LogP contribution in [0.4, 0.5) is 0 Å². The van der Waals surface area contributed by atoms with Crippen molar-refractivity contribution in [3.8, 4) is 11.5 Å².